The Balaban J connectivity index is 1.57. The Labute approximate surface area is 166 Å². The van der Waals surface area contributed by atoms with Crippen molar-refractivity contribution in [3.05, 3.63) is 77.4 Å². The maximum Gasteiger partial charge on any atom is 0.252 e. The molecule has 2 aromatic heterocycles. The SMILES string of the molecule is COc1ccc(-c2nc3ncc4c(n3n2)CC(c2ccc(F)cc2)CC4=O)cc1. The topological polar surface area (TPSA) is 69.4 Å². The third-order valence-electron chi connectivity index (χ3n) is 5.33. The van der Waals surface area contributed by atoms with E-state index >= 15 is 0 Å². The Kier molecular flexibility index (Phi) is 4.08. The third kappa shape index (κ3) is 3.04. The van der Waals surface area contributed by atoms with Crippen LogP contribution in [0.1, 0.15) is 34.0 Å². The fraction of sp³-hybridized carbons (Fsp3) is 0.182. The minimum atomic E-state index is -0.289. The molecule has 0 radical (unpaired) electrons. The second kappa shape index (κ2) is 6.77. The summed E-state index contributed by atoms with van der Waals surface area (Å²) in [6.45, 7) is 0. The van der Waals surface area contributed by atoms with Crippen molar-refractivity contribution < 1.29 is 13.9 Å². The number of nitrogens with zero attached hydrogens (tertiary/aromatic N) is 4. The van der Waals surface area contributed by atoms with E-state index in [1.807, 2.05) is 24.3 Å². The van der Waals surface area contributed by atoms with Crippen molar-refractivity contribution in [2.24, 2.45) is 0 Å². The quantitative estimate of drug-likeness (QED) is 0.533. The van der Waals surface area contributed by atoms with Crippen LogP contribution in [0.15, 0.2) is 54.7 Å². The van der Waals surface area contributed by atoms with Gasteiger partial charge in [-0.05, 0) is 54.3 Å². The molecule has 2 heterocycles. The zero-order chi connectivity index (χ0) is 20.0. The number of Topliss-reactive ketones (excluding diaryl/α,β-unsaturated/α-hetero) is 1. The van der Waals surface area contributed by atoms with E-state index in [9.17, 15) is 9.18 Å². The van der Waals surface area contributed by atoms with Gasteiger partial charge >= 0.3 is 0 Å². The Bertz CT molecular complexity index is 1220. The molecule has 144 valence electrons. The molecule has 0 amide bonds. The molecule has 4 aromatic rings. The third-order valence-corrected chi connectivity index (χ3v) is 5.33. The summed E-state index contributed by atoms with van der Waals surface area (Å²) >= 11 is 0. The van der Waals surface area contributed by atoms with Gasteiger partial charge in [-0.3, -0.25) is 4.79 Å². The molecular formula is C22H17FN4O2. The molecule has 1 unspecified atom stereocenters. The number of ketones is 1. The van der Waals surface area contributed by atoms with Crippen molar-refractivity contribution in [1.82, 2.24) is 19.6 Å². The van der Waals surface area contributed by atoms with Crippen LogP contribution in [0.2, 0.25) is 0 Å². The summed E-state index contributed by atoms with van der Waals surface area (Å²) in [6, 6.07) is 13.8. The Morgan fingerprint density at radius 2 is 1.83 bits per heavy atom. The lowest BCUT2D eigenvalue weighted by Gasteiger charge is -2.23. The Hall–Kier alpha value is -3.61. The van der Waals surface area contributed by atoms with E-state index in [0.29, 0.717) is 30.0 Å². The number of ether oxygens (including phenoxy) is 1. The molecule has 0 aliphatic heterocycles. The minimum Gasteiger partial charge on any atom is -0.497 e. The number of methoxy groups -OCH3 is 1. The number of aromatic nitrogens is 4. The smallest absolute Gasteiger partial charge is 0.252 e. The highest BCUT2D eigenvalue weighted by Gasteiger charge is 2.29. The molecule has 0 saturated carbocycles. The molecule has 29 heavy (non-hydrogen) atoms. The van der Waals surface area contributed by atoms with Crippen LogP contribution in [-0.4, -0.2) is 32.5 Å². The van der Waals surface area contributed by atoms with Crippen LogP contribution in [-0.2, 0) is 6.42 Å². The first-order valence-corrected chi connectivity index (χ1v) is 9.30. The highest BCUT2D eigenvalue weighted by molar-refractivity contribution is 5.98. The first kappa shape index (κ1) is 17.5. The van der Waals surface area contributed by atoms with Crippen molar-refractivity contribution in [2.45, 2.75) is 18.8 Å². The van der Waals surface area contributed by atoms with Gasteiger partial charge in [0.25, 0.3) is 5.78 Å². The van der Waals surface area contributed by atoms with Gasteiger partial charge in [0.2, 0.25) is 0 Å². The van der Waals surface area contributed by atoms with E-state index in [2.05, 4.69) is 15.1 Å². The van der Waals surface area contributed by atoms with Crippen molar-refractivity contribution in [2.75, 3.05) is 7.11 Å². The average molecular weight is 388 g/mol. The molecule has 0 N–H and O–H groups in total. The van der Waals surface area contributed by atoms with Crippen LogP contribution in [0.5, 0.6) is 5.75 Å². The normalized spacial score (nSPS) is 16.1. The summed E-state index contributed by atoms with van der Waals surface area (Å²) in [6.07, 6.45) is 2.56. The molecule has 1 aliphatic rings. The van der Waals surface area contributed by atoms with Gasteiger partial charge in [-0.2, -0.15) is 9.50 Å². The summed E-state index contributed by atoms with van der Waals surface area (Å²) in [4.78, 5) is 21.6. The molecular weight excluding hydrogens is 371 g/mol. The lowest BCUT2D eigenvalue weighted by atomic mass is 9.82. The maximum absolute atomic E-state index is 13.3. The molecule has 1 atom stereocenters. The number of carbonyl (C=O) groups excluding carboxylic acids is 1. The molecule has 0 bridgehead atoms. The number of carbonyl (C=O) groups is 1. The highest BCUT2D eigenvalue weighted by Crippen LogP contribution is 2.33. The number of hydrogen-bond acceptors (Lipinski definition) is 5. The summed E-state index contributed by atoms with van der Waals surface area (Å²) in [5.74, 6) is 1.42. The molecule has 0 spiro atoms. The van der Waals surface area contributed by atoms with Gasteiger partial charge in [0.05, 0.1) is 18.4 Å². The fourth-order valence-electron chi connectivity index (χ4n) is 3.78. The first-order valence-electron chi connectivity index (χ1n) is 9.30. The van der Waals surface area contributed by atoms with Crippen molar-refractivity contribution >= 4 is 11.6 Å². The van der Waals surface area contributed by atoms with E-state index in [1.165, 1.54) is 12.1 Å². The Morgan fingerprint density at radius 3 is 2.55 bits per heavy atom. The van der Waals surface area contributed by atoms with Gasteiger partial charge in [0.15, 0.2) is 11.6 Å². The van der Waals surface area contributed by atoms with Crippen molar-refractivity contribution in [3.63, 3.8) is 0 Å². The monoisotopic (exact) mass is 388 g/mol. The minimum absolute atomic E-state index is 0.0106. The standard InChI is InChI=1S/C22H17FN4O2/c1-29-17-8-4-14(5-9-17)21-25-22-24-12-18-19(27(22)26-21)10-15(11-20(18)28)13-2-6-16(23)7-3-13/h2-9,12,15H,10-11H2,1H3. The second-order valence-electron chi connectivity index (χ2n) is 7.07. The molecule has 7 heteroatoms. The van der Waals surface area contributed by atoms with Gasteiger partial charge in [0, 0.05) is 18.2 Å². The van der Waals surface area contributed by atoms with E-state index < -0.39 is 0 Å². The number of rotatable bonds is 3. The zero-order valence-corrected chi connectivity index (χ0v) is 15.7. The lowest BCUT2D eigenvalue weighted by molar-refractivity contribution is 0.0962. The molecule has 1 aliphatic carbocycles. The van der Waals surface area contributed by atoms with E-state index in [4.69, 9.17) is 4.74 Å². The molecule has 0 saturated heterocycles. The van der Waals surface area contributed by atoms with E-state index in [-0.39, 0.29) is 17.5 Å². The summed E-state index contributed by atoms with van der Waals surface area (Å²) in [5, 5.41) is 4.62. The van der Waals surface area contributed by atoms with Gasteiger partial charge in [0.1, 0.15) is 11.6 Å². The second-order valence-corrected chi connectivity index (χ2v) is 7.07. The van der Waals surface area contributed by atoms with Gasteiger partial charge in [-0.1, -0.05) is 12.1 Å². The van der Waals surface area contributed by atoms with Crippen LogP contribution < -0.4 is 4.74 Å². The van der Waals surface area contributed by atoms with Crippen molar-refractivity contribution in [3.8, 4) is 17.1 Å². The van der Waals surface area contributed by atoms with Gasteiger partial charge in [-0.15, -0.1) is 5.10 Å². The van der Waals surface area contributed by atoms with E-state index in [1.54, 1.807) is 30.0 Å². The van der Waals surface area contributed by atoms with Gasteiger partial charge < -0.3 is 4.74 Å². The first-order chi connectivity index (χ1) is 14.1. The largest absolute Gasteiger partial charge is 0.497 e. The van der Waals surface area contributed by atoms with Crippen LogP contribution >= 0.6 is 0 Å². The molecule has 0 fully saturated rings. The number of benzene rings is 2. The van der Waals surface area contributed by atoms with Crippen LogP contribution in [0.3, 0.4) is 0 Å². The highest BCUT2D eigenvalue weighted by atomic mass is 19.1. The lowest BCUT2D eigenvalue weighted by Crippen LogP contribution is -2.22. The molecule has 2 aromatic carbocycles. The molecule has 6 nitrogen and oxygen atoms in total. The predicted molar refractivity (Wildman–Crippen MR) is 105 cm³/mol. The average Bonchev–Trinajstić information content (AvgIpc) is 3.19. The Morgan fingerprint density at radius 1 is 1.07 bits per heavy atom. The predicted octanol–water partition coefficient (Wildman–Crippen LogP) is 3.85. The summed E-state index contributed by atoms with van der Waals surface area (Å²) in [5.41, 5.74) is 3.13. The number of halogens is 1. The summed E-state index contributed by atoms with van der Waals surface area (Å²) in [7, 11) is 1.61. The number of fused-ring (bicyclic) bond motifs is 3. The van der Waals surface area contributed by atoms with Crippen LogP contribution in [0, 0.1) is 5.82 Å². The number of hydrogen-bond donors (Lipinski definition) is 0. The van der Waals surface area contributed by atoms with Crippen LogP contribution in [0.4, 0.5) is 4.39 Å². The van der Waals surface area contributed by atoms with Gasteiger partial charge in [-0.25, -0.2) is 9.37 Å². The fourth-order valence-corrected chi connectivity index (χ4v) is 3.78. The van der Waals surface area contributed by atoms with Crippen molar-refractivity contribution in [1.29, 1.82) is 0 Å². The summed E-state index contributed by atoms with van der Waals surface area (Å²) < 4.78 is 20.1. The molecule has 5 rings (SSSR count). The van der Waals surface area contributed by atoms with E-state index in [0.717, 1.165) is 22.6 Å². The zero-order valence-electron chi connectivity index (χ0n) is 15.7. The maximum atomic E-state index is 13.3. The van der Waals surface area contributed by atoms with Crippen LogP contribution in [0.25, 0.3) is 17.2 Å².